The largest absolute Gasteiger partial charge is 0.481 e. The van der Waals surface area contributed by atoms with Crippen molar-refractivity contribution in [3.63, 3.8) is 0 Å². The summed E-state index contributed by atoms with van der Waals surface area (Å²) in [5.41, 5.74) is 0.421. The number of carbonyl (C=O) groups is 1. The molecule has 0 bridgehead atoms. The molecule has 1 aromatic rings. The van der Waals surface area contributed by atoms with Crippen molar-refractivity contribution in [2.24, 2.45) is 5.41 Å². The first-order valence-electron chi connectivity index (χ1n) is 6.11. The van der Waals surface area contributed by atoms with Crippen LogP contribution >= 0.6 is 0 Å². The summed E-state index contributed by atoms with van der Waals surface area (Å²) in [5, 5.41) is 9.34. The maximum atomic E-state index is 11.4. The molecule has 1 radical (unpaired) electrons. The molecule has 1 rings (SSSR count). The fourth-order valence-electron chi connectivity index (χ4n) is 2.32. The van der Waals surface area contributed by atoms with Gasteiger partial charge in [-0.2, -0.15) is 0 Å². The smallest absolute Gasteiger partial charge is 0.309 e. The van der Waals surface area contributed by atoms with E-state index in [0.29, 0.717) is 12.8 Å². The molecule has 0 heterocycles. The zero-order chi connectivity index (χ0) is 13.1. The molecular formula is C15H22O2Y. The fourth-order valence-corrected chi connectivity index (χ4v) is 2.32. The Morgan fingerprint density at radius 3 is 2.06 bits per heavy atom. The van der Waals surface area contributed by atoms with Gasteiger partial charge in [0.1, 0.15) is 0 Å². The summed E-state index contributed by atoms with van der Waals surface area (Å²) < 4.78 is 0. The summed E-state index contributed by atoms with van der Waals surface area (Å²) in [6.45, 7) is 7.99. The Balaban J connectivity index is 0.00000289. The van der Waals surface area contributed by atoms with E-state index in [-0.39, 0.29) is 38.1 Å². The van der Waals surface area contributed by atoms with Gasteiger partial charge in [-0.05, 0) is 30.7 Å². The van der Waals surface area contributed by atoms with Gasteiger partial charge in [-0.1, -0.05) is 51.1 Å². The Morgan fingerprint density at radius 2 is 1.67 bits per heavy atom. The van der Waals surface area contributed by atoms with Crippen LogP contribution in [0.15, 0.2) is 30.3 Å². The van der Waals surface area contributed by atoms with Crippen LogP contribution in [0.2, 0.25) is 0 Å². The van der Waals surface area contributed by atoms with E-state index in [1.54, 1.807) is 0 Å². The molecule has 0 aliphatic rings. The molecule has 1 unspecified atom stereocenters. The number of aliphatic carboxylic acids is 1. The van der Waals surface area contributed by atoms with Crippen LogP contribution in [-0.4, -0.2) is 11.1 Å². The Labute approximate surface area is 135 Å². The van der Waals surface area contributed by atoms with Gasteiger partial charge >= 0.3 is 5.97 Å². The standard InChI is InChI=1S/C15H22O2.Y/c1-5-15(4,13(16)17)11-14(2,3)12-9-7-6-8-10-12;/h6-10H,5,11H2,1-4H3,(H,16,17);. The molecule has 0 aliphatic heterocycles. The molecule has 0 saturated heterocycles. The summed E-state index contributed by atoms with van der Waals surface area (Å²) in [6.07, 6.45) is 1.30. The van der Waals surface area contributed by atoms with Gasteiger partial charge in [0.15, 0.2) is 0 Å². The van der Waals surface area contributed by atoms with Gasteiger partial charge in [-0.25, -0.2) is 0 Å². The van der Waals surface area contributed by atoms with Crippen molar-refractivity contribution in [2.75, 3.05) is 0 Å². The van der Waals surface area contributed by atoms with Gasteiger partial charge in [0.25, 0.3) is 0 Å². The van der Waals surface area contributed by atoms with Crippen molar-refractivity contribution in [3.8, 4) is 0 Å². The summed E-state index contributed by atoms with van der Waals surface area (Å²) >= 11 is 0. The van der Waals surface area contributed by atoms with Gasteiger partial charge in [-0.3, -0.25) is 4.79 Å². The van der Waals surface area contributed by atoms with E-state index in [1.165, 1.54) is 5.56 Å². The van der Waals surface area contributed by atoms with E-state index in [4.69, 9.17) is 0 Å². The molecule has 0 aliphatic carbocycles. The Kier molecular flexibility index (Phi) is 6.74. The van der Waals surface area contributed by atoms with Crippen molar-refractivity contribution < 1.29 is 42.6 Å². The molecule has 1 N–H and O–H groups in total. The molecule has 0 aromatic heterocycles. The molecule has 97 valence electrons. The molecule has 1 aromatic carbocycles. The normalized spacial score (nSPS) is 14.4. The topological polar surface area (TPSA) is 37.3 Å². The maximum absolute atomic E-state index is 11.4. The Morgan fingerprint density at radius 1 is 1.17 bits per heavy atom. The van der Waals surface area contributed by atoms with Crippen molar-refractivity contribution in [1.29, 1.82) is 0 Å². The second-order valence-corrected chi connectivity index (χ2v) is 5.65. The van der Waals surface area contributed by atoms with Crippen LogP contribution < -0.4 is 0 Å². The van der Waals surface area contributed by atoms with Crippen LogP contribution in [0.1, 0.15) is 46.1 Å². The molecule has 0 fully saturated rings. The number of benzene rings is 1. The third-order valence-electron chi connectivity index (χ3n) is 3.68. The van der Waals surface area contributed by atoms with Crippen LogP contribution in [0.5, 0.6) is 0 Å². The van der Waals surface area contributed by atoms with Crippen LogP contribution in [-0.2, 0) is 42.9 Å². The minimum atomic E-state index is -0.705. The molecule has 3 heteroatoms. The maximum Gasteiger partial charge on any atom is 0.309 e. The minimum absolute atomic E-state index is 0. The average Bonchev–Trinajstić information content (AvgIpc) is 2.29. The molecule has 0 amide bonds. The third-order valence-corrected chi connectivity index (χ3v) is 3.68. The monoisotopic (exact) mass is 323 g/mol. The van der Waals surface area contributed by atoms with Gasteiger partial charge < -0.3 is 5.11 Å². The average molecular weight is 323 g/mol. The minimum Gasteiger partial charge on any atom is -0.481 e. The van der Waals surface area contributed by atoms with Crippen molar-refractivity contribution in [2.45, 2.75) is 46.0 Å². The van der Waals surface area contributed by atoms with Gasteiger partial charge in [0.05, 0.1) is 5.41 Å². The number of hydrogen-bond donors (Lipinski definition) is 1. The van der Waals surface area contributed by atoms with Gasteiger partial charge in [0, 0.05) is 32.7 Å². The molecule has 1 atom stereocenters. The predicted octanol–water partition coefficient (Wildman–Crippen LogP) is 3.85. The zero-order valence-corrected chi connectivity index (χ0v) is 14.6. The van der Waals surface area contributed by atoms with E-state index in [9.17, 15) is 9.90 Å². The van der Waals surface area contributed by atoms with Crippen LogP contribution in [0.4, 0.5) is 0 Å². The van der Waals surface area contributed by atoms with Gasteiger partial charge in [-0.15, -0.1) is 0 Å². The Hall–Kier alpha value is -0.206. The molecule has 0 saturated carbocycles. The first kappa shape index (κ1) is 17.8. The molecule has 0 spiro atoms. The van der Waals surface area contributed by atoms with Crippen LogP contribution in [0.3, 0.4) is 0 Å². The number of rotatable bonds is 5. The van der Waals surface area contributed by atoms with Crippen molar-refractivity contribution >= 4 is 5.97 Å². The van der Waals surface area contributed by atoms with E-state index in [1.807, 2.05) is 32.0 Å². The summed E-state index contributed by atoms with van der Waals surface area (Å²) in [7, 11) is 0. The van der Waals surface area contributed by atoms with E-state index in [0.717, 1.165) is 0 Å². The summed E-state index contributed by atoms with van der Waals surface area (Å²) in [6, 6.07) is 10.1. The SMILES string of the molecule is CCC(C)(CC(C)(C)c1ccccc1)C(=O)O.[Y]. The molecule has 18 heavy (non-hydrogen) atoms. The number of carboxylic acids is 1. The summed E-state index contributed by atoms with van der Waals surface area (Å²) in [4.78, 5) is 11.4. The third kappa shape index (κ3) is 4.17. The second-order valence-electron chi connectivity index (χ2n) is 5.65. The van der Waals surface area contributed by atoms with E-state index in [2.05, 4.69) is 26.0 Å². The first-order valence-corrected chi connectivity index (χ1v) is 6.11. The van der Waals surface area contributed by atoms with Crippen LogP contribution in [0, 0.1) is 5.41 Å². The van der Waals surface area contributed by atoms with Crippen molar-refractivity contribution in [3.05, 3.63) is 35.9 Å². The quantitative estimate of drug-likeness (QED) is 0.893. The van der Waals surface area contributed by atoms with Crippen molar-refractivity contribution in [1.82, 2.24) is 0 Å². The molecule has 2 nitrogen and oxygen atoms in total. The van der Waals surface area contributed by atoms with Gasteiger partial charge in [0.2, 0.25) is 0 Å². The molecular weight excluding hydrogens is 301 g/mol. The number of carboxylic acid groups (broad SMARTS) is 1. The number of hydrogen-bond acceptors (Lipinski definition) is 1. The fraction of sp³-hybridized carbons (Fsp3) is 0.533. The van der Waals surface area contributed by atoms with E-state index < -0.39 is 11.4 Å². The summed E-state index contributed by atoms with van der Waals surface area (Å²) in [5.74, 6) is -0.705. The van der Waals surface area contributed by atoms with E-state index >= 15 is 0 Å². The Bertz CT molecular complexity index is 387. The van der Waals surface area contributed by atoms with Crippen LogP contribution in [0.25, 0.3) is 0 Å². The zero-order valence-electron chi connectivity index (χ0n) is 11.7. The predicted molar refractivity (Wildman–Crippen MR) is 70.1 cm³/mol. The second kappa shape index (κ2) is 6.81. The first-order chi connectivity index (χ1) is 7.82.